The van der Waals surface area contributed by atoms with Crippen molar-refractivity contribution in [3.05, 3.63) is 76.3 Å². The number of hydrogen-bond donors (Lipinski definition) is 4. The number of methoxy groups -OCH3 is 1. The minimum absolute atomic E-state index is 0.0521. The van der Waals surface area contributed by atoms with Crippen LogP contribution in [0.3, 0.4) is 0 Å². The van der Waals surface area contributed by atoms with Gasteiger partial charge < -0.3 is 44.7 Å². The number of benzene rings is 2. The van der Waals surface area contributed by atoms with Crippen LogP contribution in [0.5, 0.6) is 5.75 Å². The second-order valence-corrected chi connectivity index (χ2v) is 17.9. The fourth-order valence-electron chi connectivity index (χ4n) is 5.97. The third-order valence-corrected chi connectivity index (χ3v) is 10.4. The Balaban J connectivity index is 1.83. The number of nitrogens with one attached hydrogen (secondary N) is 3. The Kier molecular flexibility index (Phi) is 18.9. The van der Waals surface area contributed by atoms with E-state index in [1.807, 2.05) is 13.8 Å². The molecule has 15 nitrogen and oxygen atoms in total. The van der Waals surface area contributed by atoms with Crippen molar-refractivity contribution in [1.29, 1.82) is 0 Å². The van der Waals surface area contributed by atoms with Crippen molar-refractivity contribution in [2.45, 2.75) is 117 Å². The molecule has 1 aliphatic heterocycles. The summed E-state index contributed by atoms with van der Waals surface area (Å²) in [4.78, 5) is 78.2. The number of ether oxygens (including phenoxy) is 5. The van der Waals surface area contributed by atoms with Gasteiger partial charge in [-0.1, -0.05) is 68.8 Å². The lowest BCUT2D eigenvalue weighted by molar-refractivity contribution is -0.180. The third kappa shape index (κ3) is 16.5. The van der Waals surface area contributed by atoms with Gasteiger partial charge in [-0.15, -0.1) is 11.6 Å². The number of halogens is 2. The molecule has 0 saturated heterocycles. The lowest BCUT2D eigenvalue weighted by Gasteiger charge is -2.32. The molecule has 1 heterocycles. The highest BCUT2D eigenvalue weighted by Crippen LogP contribution is 2.33. The lowest BCUT2D eigenvalue weighted by atomic mass is 9.90. The first kappa shape index (κ1) is 50.5. The average Bonchev–Trinajstić information content (AvgIpc) is 3.18. The summed E-state index contributed by atoms with van der Waals surface area (Å²) in [5.41, 5.74) is -0.275. The fourth-order valence-corrected chi connectivity index (χ4v) is 6.63. The number of cyclic esters (lactones) is 2. The lowest BCUT2D eigenvalue weighted by Crippen LogP contribution is -2.51. The normalized spacial score (nSPS) is 21.1. The summed E-state index contributed by atoms with van der Waals surface area (Å²) < 4.78 is 27.3. The molecule has 6 atom stereocenters. The molecule has 61 heavy (non-hydrogen) atoms. The van der Waals surface area contributed by atoms with E-state index in [0.29, 0.717) is 27.5 Å². The van der Waals surface area contributed by atoms with E-state index in [0.717, 1.165) is 0 Å². The van der Waals surface area contributed by atoms with Crippen molar-refractivity contribution < 1.29 is 57.6 Å². The zero-order chi connectivity index (χ0) is 45.7. The first-order valence-corrected chi connectivity index (χ1v) is 20.8. The van der Waals surface area contributed by atoms with E-state index in [9.17, 15) is 33.9 Å². The molecule has 0 fully saturated rings. The minimum Gasteiger partial charge on any atom is -0.495 e. The van der Waals surface area contributed by atoms with Gasteiger partial charge in [-0.25, -0.2) is 9.59 Å². The van der Waals surface area contributed by atoms with Crippen LogP contribution in [0, 0.1) is 17.3 Å². The van der Waals surface area contributed by atoms with Crippen LogP contribution in [0.25, 0.3) is 0 Å². The van der Waals surface area contributed by atoms with E-state index in [1.165, 1.54) is 19.3 Å². The smallest absolute Gasteiger partial charge is 0.408 e. The SMILES string of the molecule is COc1ccc(C[C@H]2NC(=O)/C=C/C[C@@H](C(C)[C@@H](O)[C@@H](Cl)c3ccc(COC(=O)CNC(=O)OC(C)(C)C)cc3)OC(=O)[C@H](CC(C)C)OC(=O)C(C)(C)CNC2=O)cc1Cl. The standard InChI is InChI=1S/C44H59Cl2N3O12/c1-25(2)19-34-40(54)59-32(26(3)38(52)37(46)29-16-13-27(14-17-29)23-58-36(51)22-47-42(56)61-43(4,5)6)11-10-12-35(50)49-31(21-28-15-18-33(57-9)30(45)20-28)39(53)48-24-44(7,8)41(55)60-34/h10,12-18,20,25-26,31-32,34,37-38,52H,11,19,21-24H2,1-9H3,(H,47,56)(H,48,53)(H,49,50)/b12-10+/t26?,31-,32+,34+,37+,38-/m1/s1. The highest BCUT2D eigenvalue weighted by Gasteiger charge is 2.38. The van der Waals surface area contributed by atoms with Crippen LogP contribution in [-0.2, 0) is 55.9 Å². The van der Waals surface area contributed by atoms with Gasteiger partial charge in [0.2, 0.25) is 11.8 Å². The van der Waals surface area contributed by atoms with E-state index in [2.05, 4.69) is 16.0 Å². The van der Waals surface area contributed by atoms with Crippen LogP contribution in [0.2, 0.25) is 5.02 Å². The molecule has 0 aromatic heterocycles. The van der Waals surface area contributed by atoms with Crippen molar-refractivity contribution >= 4 is 59.0 Å². The number of aliphatic hydroxyl groups is 1. The van der Waals surface area contributed by atoms with Crippen LogP contribution in [0.15, 0.2) is 54.6 Å². The molecule has 0 radical (unpaired) electrons. The quantitative estimate of drug-likeness (QED) is 0.106. The largest absolute Gasteiger partial charge is 0.495 e. The Morgan fingerprint density at radius 3 is 2.28 bits per heavy atom. The second-order valence-electron chi connectivity index (χ2n) is 17.0. The maximum Gasteiger partial charge on any atom is 0.408 e. The van der Waals surface area contributed by atoms with Crippen LogP contribution in [-0.4, -0.2) is 91.1 Å². The van der Waals surface area contributed by atoms with Gasteiger partial charge in [0.25, 0.3) is 0 Å². The number of amides is 3. The summed E-state index contributed by atoms with van der Waals surface area (Å²) in [6.45, 7) is 12.9. The highest BCUT2D eigenvalue weighted by atomic mass is 35.5. The minimum atomic E-state index is -1.32. The third-order valence-electron chi connectivity index (χ3n) is 9.55. The van der Waals surface area contributed by atoms with Crippen molar-refractivity contribution in [3.63, 3.8) is 0 Å². The molecule has 336 valence electrons. The Bertz CT molecular complexity index is 1880. The molecule has 1 unspecified atom stereocenters. The molecule has 0 bridgehead atoms. The van der Waals surface area contributed by atoms with Crippen LogP contribution < -0.4 is 20.7 Å². The molecule has 4 N–H and O–H groups in total. The molecule has 17 heteroatoms. The summed E-state index contributed by atoms with van der Waals surface area (Å²) >= 11 is 13.2. The van der Waals surface area contributed by atoms with Gasteiger partial charge in [-0.05, 0) is 81.9 Å². The number of carbonyl (C=O) groups is 6. The van der Waals surface area contributed by atoms with Crippen molar-refractivity contribution in [3.8, 4) is 5.75 Å². The molecule has 2 aromatic carbocycles. The van der Waals surface area contributed by atoms with E-state index < -0.39 is 82.5 Å². The van der Waals surface area contributed by atoms with Gasteiger partial charge in [-0.2, -0.15) is 0 Å². The fraction of sp³-hybridized carbons (Fsp3) is 0.545. The van der Waals surface area contributed by atoms with Gasteiger partial charge >= 0.3 is 24.0 Å². The van der Waals surface area contributed by atoms with Crippen LogP contribution in [0.4, 0.5) is 4.79 Å². The van der Waals surface area contributed by atoms with Gasteiger partial charge in [0, 0.05) is 25.3 Å². The summed E-state index contributed by atoms with van der Waals surface area (Å²) in [5, 5.41) is 18.7. The predicted octanol–water partition coefficient (Wildman–Crippen LogP) is 5.89. The Morgan fingerprint density at radius 1 is 1.02 bits per heavy atom. The summed E-state index contributed by atoms with van der Waals surface area (Å²) in [6, 6.07) is 10.5. The average molecular weight is 893 g/mol. The molecular weight excluding hydrogens is 833 g/mol. The number of alkyl carbamates (subject to hydrolysis) is 1. The first-order chi connectivity index (χ1) is 28.5. The molecular formula is C44H59Cl2N3O12. The number of rotatable bonds is 13. The number of carbonyl (C=O) groups excluding carboxylic acids is 6. The van der Waals surface area contributed by atoms with Gasteiger partial charge in [0.05, 0.1) is 29.0 Å². The first-order valence-electron chi connectivity index (χ1n) is 20.0. The zero-order valence-electron chi connectivity index (χ0n) is 36.2. The van der Waals surface area contributed by atoms with E-state index >= 15 is 0 Å². The highest BCUT2D eigenvalue weighted by molar-refractivity contribution is 6.32. The summed E-state index contributed by atoms with van der Waals surface area (Å²) in [7, 11) is 1.48. The van der Waals surface area contributed by atoms with E-state index in [4.69, 9.17) is 46.9 Å². The van der Waals surface area contributed by atoms with Gasteiger partial charge in [0.1, 0.15) is 36.6 Å². The Morgan fingerprint density at radius 2 is 1.67 bits per heavy atom. The number of esters is 3. The number of alkyl halides is 1. The van der Waals surface area contributed by atoms with Crippen molar-refractivity contribution in [1.82, 2.24) is 16.0 Å². The van der Waals surface area contributed by atoms with Crippen molar-refractivity contribution in [2.24, 2.45) is 17.3 Å². The molecule has 2 aromatic rings. The van der Waals surface area contributed by atoms with Gasteiger partial charge in [-0.3, -0.25) is 19.2 Å². The zero-order valence-corrected chi connectivity index (χ0v) is 37.7. The molecule has 3 amide bonds. The predicted molar refractivity (Wildman–Crippen MR) is 228 cm³/mol. The second kappa shape index (κ2) is 22.8. The maximum atomic E-state index is 13.8. The van der Waals surface area contributed by atoms with Crippen LogP contribution >= 0.6 is 23.2 Å². The molecule has 3 rings (SSSR count). The summed E-state index contributed by atoms with van der Waals surface area (Å²) in [5.74, 6) is -3.96. The number of hydrogen-bond acceptors (Lipinski definition) is 12. The molecule has 0 saturated carbocycles. The van der Waals surface area contributed by atoms with E-state index in [-0.39, 0.29) is 44.9 Å². The Hall–Kier alpha value is -4.86. The monoisotopic (exact) mass is 891 g/mol. The van der Waals surface area contributed by atoms with Crippen LogP contribution in [0.1, 0.15) is 90.3 Å². The molecule has 1 aliphatic rings. The maximum absolute atomic E-state index is 13.8. The van der Waals surface area contributed by atoms with Gasteiger partial charge in [0.15, 0.2) is 6.10 Å². The molecule has 0 aliphatic carbocycles. The summed E-state index contributed by atoms with van der Waals surface area (Å²) in [6.07, 6.45) is -1.65. The number of aliphatic hydroxyl groups excluding tert-OH is 1. The van der Waals surface area contributed by atoms with E-state index in [1.54, 1.807) is 84.0 Å². The van der Waals surface area contributed by atoms with Crippen molar-refractivity contribution in [2.75, 3.05) is 20.2 Å². The molecule has 0 spiro atoms. The topological polar surface area (TPSA) is 205 Å². The Labute approximate surface area is 367 Å².